The van der Waals surface area contributed by atoms with Crippen LogP contribution >= 0.6 is 11.6 Å². The molecular formula is C30H26ClNO5. The molecule has 0 bridgehead atoms. The Labute approximate surface area is 220 Å². The Kier molecular flexibility index (Phi) is 6.94. The van der Waals surface area contributed by atoms with Gasteiger partial charge in [0.25, 0.3) is 0 Å². The van der Waals surface area contributed by atoms with E-state index < -0.39 is 12.1 Å². The molecule has 2 aliphatic rings. The van der Waals surface area contributed by atoms with Crippen molar-refractivity contribution in [1.82, 2.24) is 0 Å². The number of Topliss-reactive ketones (excluding diaryl/α,β-unsaturated/α-hetero) is 1. The summed E-state index contributed by atoms with van der Waals surface area (Å²) in [6.07, 6.45) is 1.19. The van der Waals surface area contributed by atoms with E-state index in [0.29, 0.717) is 29.1 Å². The molecule has 1 aliphatic carbocycles. The predicted molar refractivity (Wildman–Crippen MR) is 140 cm³/mol. The van der Waals surface area contributed by atoms with Crippen LogP contribution in [0.25, 0.3) is 0 Å². The second kappa shape index (κ2) is 10.3. The van der Waals surface area contributed by atoms with Crippen LogP contribution in [-0.2, 0) is 14.3 Å². The van der Waals surface area contributed by atoms with E-state index in [9.17, 15) is 19.2 Å². The Morgan fingerprint density at radius 3 is 2.27 bits per heavy atom. The van der Waals surface area contributed by atoms with Gasteiger partial charge in [-0.15, -0.1) is 0 Å². The van der Waals surface area contributed by atoms with E-state index in [2.05, 4.69) is 12.1 Å². The van der Waals surface area contributed by atoms with Gasteiger partial charge in [-0.2, -0.15) is 0 Å². The summed E-state index contributed by atoms with van der Waals surface area (Å²) < 4.78 is 5.35. The first-order valence-corrected chi connectivity index (χ1v) is 12.7. The molecule has 1 saturated heterocycles. The minimum Gasteiger partial charge on any atom is -0.451 e. The third-order valence-corrected chi connectivity index (χ3v) is 7.55. The van der Waals surface area contributed by atoms with E-state index in [1.807, 2.05) is 18.2 Å². The van der Waals surface area contributed by atoms with Gasteiger partial charge in [-0.25, -0.2) is 4.79 Å². The number of anilines is 1. The number of hydrogen-bond acceptors (Lipinski definition) is 5. The van der Waals surface area contributed by atoms with Crippen LogP contribution in [0.1, 0.15) is 58.4 Å². The zero-order chi connectivity index (χ0) is 26.1. The van der Waals surface area contributed by atoms with Crippen LogP contribution in [0.5, 0.6) is 0 Å². The number of rotatable bonds is 6. The lowest BCUT2D eigenvalue weighted by Gasteiger charge is -2.28. The van der Waals surface area contributed by atoms with Gasteiger partial charge in [0, 0.05) is 10.6 Å². The van der Waals surface area contributed by atoms with Crippen molar-refractivity contribution in [2.24, 2.45) is 11.8 Å². The van der Waals surface area contributed by atoms with Crippen LogP contribution in [0.4, 0.5) is 5.69 Å². The van der Waals surface area contributed by atoms with E-state index in [0.717, 1.165) is 6.42 Å². The van der Waals surface area contributed by atoms with Gasteiger partial charge in [-0.05, 0) is 74.1 Å². The van der Waals surface area contributed by atoms with Crippen LogP contribution in [0.3, 0.4) is 0 Å². The molecule has 37 heavy (non-hydrogen) atoms. The second-order valence-corrected chi connectivity index (χ2v) is 10.1. The summed E-state index contributed by atoms with van der Waals surface area (Å²) >= 11 is 5.95. The average molecular weight is 516 g/mol. The Hall–Kier alpha value is -3.77. The molecule has 1 heterocycles. The summed E-state index contributed by atoms with van der Waals surface area (Å²) in [6, 6.07) is 22.7. The van der Waals surface area contributed by atoms with E-state index in [-0.39, 0.29) is 40.9 Å². The largest absolute Gasteiger partial charge is 0.451 e. The van der Waals surface area contributed by atoms with Crippen molar-refractivity contribution in [3.63, 3.8) is 0 Å². The molecule has 0 aromatic heterocycles. The van der Waals surface area contributed by atoms with Crippen molar-refractivity contribution >= 4 is 40.9 Å². The lowest BCUT2D eigenvalue weighted by molar-refractivity contribution is -0.122. The Bertz CT molecular complexity index is 1350. The fraction of sp³-hybridized carbons (Fsp3) is 0.267. The Morgan fingerprint density at radius 1 is 0.865 bits per heavy atom. The summed E-state index contributed by atoms with van der Waals surface area (Å²) in [5.74, 6) is -1.80. The van der Waals surface area contributed by atoms with Crippen molar-refractivity contribution in [1.29, 1.82) is 0 Å². The van der Waals surface area contributed by atoms with Gasteiger partial charge in [0.2, 0.25) is 17.6 Å². The predicted octanol–water partition coefficient (Wildman–Crippen LogP) is 5.84. The highest BCUT2D eigenvalue weighted by atomic mass is 35.5. The summed E-state index contributed by atoms with van der Waals surface area (Å²) in [6.45, 7) is 1.50. The van der Waals surface area contributed by atoms with Gasteiger partial charge in [-0.3, -0.25) is 19.3 Å². The molecule has 7 heteroatoms. The van der Waals surface area contributed by atoms with Crippen molar-refractivity contribution in [2.75, 3.05) is 4.90 Å². The molecule has 0 radical (unpaired) electrons. The first-order valence-electron chi connectivity index (χ1n) is 12.4. The lowest BCUT2D eigenvalue weighted by atomic mass is 9.73. The standard InChI is InChI=1S/C30H26ClNO5/c1-18(27(33)22-8-5-9-23(31)16-22)37-30(36)20-10-13-24(14-11-20)32-28(34)25-15-12-21(17-26(25)29(32)35)19-6-3-2-4-7-19/h2-11,13-14,16,18,21,25-26H,12,15,17H2,1H3/t18-,21+,25-,26+/m1/s1. The van der Waals surface area contributed by atoms with Gasteiger partial charge < -0.3 is 4.74 Å². The van der Waals surface area contributed by atoms with Crippen LogP contribution < -0.4 is 4.90 Å². The molecule has 2 amide bonds. The van der Waals surface area contributed by atoms with E-state index in [4.69, 9.17) is 16.3 Å². The van der Waals surface area contributed by atoms with Crippen molar-refractivity contribution < 1.29 is 23.9 Å². The van der Waals surface area contributed by atoms with Gasteiger partial charge in [0.05, 0.1) is 23.1 Å². The molecular weight excluding hydrogens is 490 g/mol. The van der Waals surface area contributed by atoms with Crippen molar-refractivity contribution in [2.45, 2.75) is 38.2 Å². The molecule has 4 atom stereocenters. The zero-order valence-electron chi connectivity index (χ0n) is 20.3. The number of nitrogens with zero attached hydrogens (tertiary/aromatic N) is 1. The van der Waals surface area contributed by atoms with Crippen LogP contribution in [0.2, 0.25) is 5.02 Å². The summed E-state index contributed by atoms with van der Waals surface area (Å²) in [4.78, 5) is 52.9. The molecule has 5 rings (SSSR count). The molecule has 1 aliphatic heterocycles. The quantitative estimate of drug-likeness (QED) is 0.234. The molecule has 2 fully saturated rings. The Morgan fingerprint density at radius 2 is 1.57 bits per heavy atom. The van der Waals surface area contributed by atoms with Gasteiger partial charge in [0.15, 0.2) is 6.10 Å². The highest BCUT2D eigenvalue weighted by Gasteiger charge is 2.50. The number of benzene rings is 3. The summed E-state index contributed by atoms with van der Waals surface area (Å²) in [5.41, 5.74) is 2.20. The van der Waals surface area contributed by atoms with Crippen LogP contribution in [0, 0.1) is 11.8 Å². The fourth-order valence-electron chi connectivity index (χ4n) is 5.37. The molecule has 0 N–H and O–H groups in total. The number of amides is 2. The number of ketones is 1. The Balaban J connectivity index is 1.26. The molecule has 3 aromatic rings. The van der Waals surface area contributed by atoms with Crippen LogP contribution in [-0.4, -0.2) is 29.7 Å². The second-order valence-electron chi connectivity index (χ2n) is 9.61. The number of hydrogen-bond donors (Lipinski definition) is 0. The number of imide groups is 1. The minimum atomic E-state index is -1.01. The van der Waals surface area contributed by atoms with Crippen LogP contribution in [0.15, 0.2) is 78.9 Å². The van der Waals surface area contributed by atoms with Gasteiger partial charge in [0.1, 0.15) is 0 Å². The van der Waals surface area contributed by atoms with E-state index >= 15 is 0 Å². The zero-order valence-corrected chi connectivity index (χ0v) is 21.1. The highest BCUT2D eigenvalue weighted by molar-refractivity contribution is 6.31. The number of fused-ring (bicyclic) bond motifs is 1. The lowest BCUT2D eigenvalue weighted by Crippen LogP contribution is -2.31. The highest BCUT2D eigenvalue weighted by Crippen LogP contribution is 2.45. The fourth-order valence-corrected chi connectivity index (χ4v) is 5.56. The molecule has 0 unspecified atom stereocenters. The average Bonchev–Trinajstić information content (AvgIpc) is 3.17. The smallest absolute Gasteiger partial charge is 0.338 e. The van der Waals surface area contributed by atoms with E-state index in [1.165, 1.54) is 35.6 Å². The molecule has 6 nitrogen and oxygen atoms in total. The molecule has 188 valence electrons. The molecule has 3 aromatic carbocycles. The SMILES string of the molecule is C[C@@H](OC(=O)c1ccc(N2C(=O)[C@H]3C[C@@H](c4ccccc4)CC[C@H]3C2=O)cc1)C(=O)c1cccc(Cl)c1. The third kappa shape index (κ3) is 4.94. The maximum atomic E-state index is 13.3. The minimum absolute atomic E-state index is 0.183. The third-order valence-electron chi connectivity index (χ3n) is 7.32. The normalized spacial score (nSPS) is 21.9. The maximum absolute atomic E-state index is 13.3. The topological polar surface area (TPSA) is 80.8 Å². The number of carbonyl (C=O) groups is 4. The van der Waals surface area contributed by atoms with Gasteiger partial charge >= 0.3 is 5.97 Å². The van der Waals surface area contributed by atoms with Gasteiger partial charge in [-0.1, -0.05) is 54.1 Å². The number of carbonyl (C=O) groups excluding carboxylic acids is 4. The summed E-state index contributed by atoms with van der Waals surface area (Å²) in [7, 11) is 0. The first-order chi connectivity index (χ1) is 17.8. The molecule has 1 saturated carbocycles. The number of esters is 1. The summed E-state index contributed by atoms with van der Waals surface area (Å²) in [5, 5.41) is 0.418. The monoisotopic (exact) mass is 515 g/mol. The number of halogens is 1. The first kappa shape index (κ1) is 24.9. The van der Waals surface area contributed by atoms with Crippen molar-refractivity contribution in [3.05, 3.63) is 101 Å². The molecule has 0 spiro atoms. The maximum Gasteiger partial charge on any atom is 0.338 e. The van der Waals surface area contributed by atoms with Crippen molar-refractivity contribution in [3.8, 4) is 0 Å². The van der Waals surface area contributed by atoms with E-state index in [1.54, 1.807) is 30.3 Å². The number of ether oxygens (including phenoxy) is 1.